The van der Waals surface area contributed by atoms with Gasteiger partial charge in [0.1, 0.15) is 17.6 Å². The molecule has 9 heteroatoms. The number of aryl methyl sites for hydroxylation is 1. The summed E-state index contributed by atoms with van der Waals surface area (Å²) in [5.74, 6) is 1.06. The van der Waals surface area contributed by atoms with E-state index in [1.807, 2.05) is 4.57 Å². The van der Waals surface area contributed by atoms with E-state index >= 15 is 0 Å². The second kappa shape index (κ2) is 9.22. The Morgan fingerprint density at radius 3 is 2.72 bits per heavy atom. The average Bonchev–Trinajstić information content (AvgIpc) is 3.06. The topological polar surface area (TPSA) is 124 Å². The molecular weight excluding hydrogens is 410 g/mol. The van der Waals surface area contributed by atoms with Gasteiger partial charge in [0.15, 0.2) is 5.82 Å². The molecule has 160 valence electrons. The van der Waals surface area contributed by atoms with Gasteiger partial charge in [0.2, 0.25) is 0 Å². The second-order valence-electron chi connectivity index (χ2n) is 7.34. The van der Waals surface area contributed by atoms with Crippen LogP contribution in [-0.4, -0.2) is 25.7 Å². The number of carbonyl (C=O) groups is 1. The van der Waals surface area contributed by atoms with Gasteiger partial charge in [-0.2, -0.15) is 5.26 Å². The third-order valence-corrected chi connectivity index (χ3v) is 5.17. The second-order valence-corrected chi connectivity index (χ2v) is 7.34. The average molecular weight is 429 g/mol. The highest BCUT2D eigenvalue weighted by molar-refractivity contribution is 5.92. The third-order valence-electron chi connectivity index (χ3n) is 5.17. The zero-order valence-corrected chi connectivity index (χ0v) is 17.1. The molecular formula is C23H19N5O4. The highest BCUT2D eigenvalue weighted by Crippen LogP contribution is 2.23. The van der Waals surface area contributed by atoms with Gasteiger partial charge < -0.3 is 9.30 Å². The first-order valence-corrected chi connectivity index (χ1v) is 10.2. The Bertz CT molecular complexity index is 1240. The third kappa shape index (κ3) is 4.54. The van der Waals surface area contributed by atoms with Crippen LogP contribution in [0.15, 0.2) is 48.5 Å². The lowest BCUT2D eigenvalue weighted by molar-refractivity contribution is -0.384. The van der Waals surface area contributed by atoms with Crippen LogP contribution in [0.1, 0.15) is 46.8 Å². The van der Waals surface area contributed by atoms with Crippen molar-refractivity contribution in [3.63, 3.8) is 0 Å². The number of hydrogen-bond acceptors (Lipinski definition) is 7. The van der Waals surface area contributed by atoms with E-state index in [2.05, 4.69) is 16.3 Å². The number of nitrogens with zero attached hydrogens (tertiary/aromatic N) is 5. The van der Waals surface area contributed by atoms with Crippen LogP contribution >= 0.6 is 0 Å². The fourth-order valence-electron chi connectivity index (χ4n) is 3.54. The predicted octanol–water partition coefficient (Wildman–Crippen LogP) is 4.20. The minimum Gasteiger partial charge on any atom is -0.423 e. The number of benzene rings is 2. The standard InChI is InChI=1S/C23H19N5O4/c24-15-18(22-26-25-21-7-2-1-3-12-27(21)22)13-16-8-10-20(11-9-16)32-23(29)17-5-4-6-19(14-17)28(30)31/h4-6,8-11,13-14H,1-3,7,12H2. The van der Waals surface area contributed by atoms with Crippen molar-refractivity contribution in [2.45, 2.75) is 32.2 Å². The normalized spacial score (nSPS) is 13.5. The molecule has 1 aliphatic heterocycles. The van der Waals surface area contributed by atoms with Crippen molar-refractivity contribution in [1.82, 2.24) is 14.8 Å². The number of ether oxygens (including phenoxy) is 1. The van der Waals surface area contributed by atoms with Crippen LogP contribution in [0.4, 0.5) is 5.69 Å². The van der Waals surface area contributed by atoms with Gasteiger partial charge in [-0.3, -0.25) is 10.1 Å². The van der Waals surface area contributed by atoms with E-state index in [4.69, 9.17) is 4.74 Å². The first-order chi connectivity index (χ1) is 15.5. The van der Waals surface area contributed by atoms with Crippen molar-refractivity contribution in [2.24, 2.45) is 0 Å². The predicted molar refractivity (Wildman–Crippen MR) is 116 cm³/mol. The Hall–Kier alpha value is -4.32. The number of nitro benzene ring substituents is 1. The zero-order valence-electron chi connectivity index (χ0n) is 17.1. The van der Waals surface area contributed by atoms with Gasteiger partial charge in [-0.05, 0) is 42.7 Å². The van der Waals surface area contributed by atoms with Crippen LogP contribution in [0, 0.1) is 21.4 Å². The van der Waals surface area contributed by atoms with E-state index in [-0.39, 0.29) is 17.0 Å². The fraction of sp³-hybridized carbons (Fsp3) is 0.217. The molecule has 0 saturated carbocycles. The molecule has 1 aliphatic rings. The highest BCUT2D eigenvalue weighted by Gasteiger charge is 2.18. The molecule has 0 unspecified atom stereocenters. The van der Waals surface area contributed by atoms with Crippen molar-refractivity contribution in [2.75, 3.05) is 0 Å². The number of fused-ring (bicyclic) bond motifs is 1. The Morgan fingerprint density at radius 2 is 1.97 bits per heavy atom. The van der Waals surface area contributed by atoms with Gasteiger partial charge in [0, 0.05) is 25.1 Å². The summed E-state index contributed by atoms with van der Waals surface area (Å²) < 4.78 is 7.32. The SMILES string of the molecule is N#CC(=Cc1ccc(OC(=O)c2cccc([N+](=O)[O-])c2)cc1)c1nnc2n1CCCCC2. The van der Waals surface area contributed by atoms with Crippen molar-refractivity contribution in [3.8, 4) is 11.8 Å². The van der Waals surface area contributed by atoms with Crippen LogP contribution in [0.2, 0.25) is 0 Å². The van der Waals surface area contributed by atoms with Crippen LogP contribution in [-0.2, 0) is 13.0 Å². The van der Waals surface area contributed by atoms with Gasteiger partial charge in [-0.25, -0.2) is 4.79 Å². The number of rotatable bonds is 5. The molecule has 3 aromatic rings. The first-order valence-electron chi connectivity index (χ1n) is 10.2. The quantitative estimate of drug-likeness (QED) is 0.196. The summed E-state index contributed by atoms with van der Waals surface area (Å²) in [7, 11) is 0. The number of aromatic nitrogens is 3. The summed E-state index contributed by atoms with van der Waals surface area (Å²) in [4.78, 5) is 22.6. The van der Waals surface area contributed by atoms with Crippen molar-refractivity contribution >= 4 is 23.3 Å². The van der Waals surface area contributed by atoms with Crippen LogP contribution in [0.5, 0.6) is 5.75 Å². The lowest BCUT2D eigenvalue weighted by atomic mass is 10.1. The van der Waals surface area contributed by atoms with Crippen molar-refractivity contribution < 1.29 is 14.5 Å². The fourth-order valence-corrected chi connectivity index (χ4v) is 3.54. The maximum atomic E-state index is 12.3. The smallest absolute Gasteiger partial charge is 0.343 e. The molecule has 0 bridgehead atoms. The van der Waals surface area contributed by atoms with Gasteiger partial charge >= 0.3 is 5.97 Å². The molecule has 0 saturated heterocycles. The molecule has 2 aromatic carbocycles. The van der Waals surface area contributed by atoms with Crippen molar-refractivity contribution in [3.05, 3.63) is 81.4 Å². The highest BCUT2D eigenvalue weighted by atomic mass is 16.6. The number of esters is 1. The van der Waals surface area contributed by atoms with Crippen LogP contribution in [0.3, 0.4) is 0 Å². The number of nitro groups is 1. The number of nitriles is 1. The van der Waals surface area contributed by atoms with Crippen molar-refractivity contribution in [1.29, 1.82) is 5.26 Å². The molecule has 0 aliphatic carbocycles. The summed E-state index contributed by atoms with van der Waals surface area (Å²) >= 11 is 0. The van der Waals surface area contributed by atoms with E-state index in [1.54, 1.807) is 30.3 Å². The lowest BCUT2D eigenvalue weighted by Crippen LogP contribution is -2.08. The number of carbonyl (C=O) groups excluding carboxylic acids is 1. The molecule has 0 amide bonds. The van der Waals surface area contributed by atoms with E-state index in [1.165, 1.54) is 24.3 Å². The zero-order chi connectivity index (χ0) is 22.5. The van der Waals surface area contributed by atoms with Crippen LogP contribution in [0.25, 0.3) is 11.6 Å². The molecule has 0 N–H and O–H groups in total. The first kappa shape index (κ1) is 20.9. The Labute approximate surface area is 183 Å². The maximum Gasteiger partial charge on any atom is 0.343 e. The van der Waals surface area contributed by atoms with E-state index in [0.717, 1.165) is 43.6 Å². The summed E-state index contributed by atoms with van der Waals surface area (Å²) in [6, 6.07) is 14.2. The minimum absolute atomic E-state index is 0.0856. The van der Waals surface area contributed by atoms with E-state index < -0.39 is 10.9 Å². The number of hydrogen-bond donors (Lipinski definition) is 0. The summed E-state index contributed by atoms with van der Waals surface area (Å²) in [6.07, 6.45) is 5.80. The molecule has 9 nitrogen and oxygen atoms in total. The molecule has 0 atom stereocenters. The molecule has 0 radical (unpaired) electrons. The molecule has 2 heterocycles. The lowest BCUT2D eigenvalue weighted by Gasteiger charge is -2.06. The summed E-state index contributed by atoms with van der Waals surface area (Å²) in [5.41, 5.74) is 1.05. The minimum atomic E-state index is -0.694. The summed E-state index contributed by atoms with van der Waals surface area (Å²) in [6.45, 7) is 0.795. The molecule has 0 spiro atoms. The van der Waals surface area contributed by atoms with Gasteiger partial charge in [-0.1, -0.05) is 24.6 Å². The Balaban J connectivity index is 1.51. The number of non-ortho nitro benzene ring substituents is 1. The molecule has 1 aromatic heterocycles. The molecule has 4 rings (SSSR count). The number of allylic oxidation sites excluding steroid dienone is 1. The van der Waals surface area contributed by atoms with E-state index in [9.17, 15) is 20.2 Å². The van der Waals surface area contributed by atoms with Crippen LogP contribution < -0.4 is 4.74 Å². The molecule has 32 heavy (non-hydrogen) atoms. The molecule has 0 fully saturated rings. The van der Waals surface area contributed by atoms with Gasteiger partial charge in [0.05, 0.1) is 16.1 Å². The Kier molecular flexibility index (Phi) is 6.03. The summed E-state index contributed by atoms with van der Waals surface area (Å²) in [5, 5.41) is 29.0. The van der Waals surface area contributed by atoms with Gasteiger partial charge in [-0.15, -0.1) is 10.2 Å². The van der Waals surface area contributed by atoms with E-state index in [0.29, 0.717) is 11.4 Å². The monoisotopic (exact) mass is 429 g/mol. The largest absolute Gasteiger partial charge is 0.423 e. The van der Waals surface area contributed by atoms with Gasteiger partial charge in [0.25, 0.3) is 5.69 Å². The Morgan fingerprint density at radius 1 is 1.16 bits per heavy atom. The maximum absolute atomic E-state index is 12.3.